The number of para-hydroxylation sites is 1. The molecule has 0 saturated carbocycles. The Morgan fingerprint density at radius 3 is 2.29 bits per heavy atom. The van der Waals surface area contributed by atoms with Gasteiger partial charge in [-0.05, 0) is 42.5 Å². The largest absolute Gasteiger partial charge is 0.711 e. The molecular weight excluding hydrogens is 309 g/mol. The number of hydrogen-bond donors (Lipinski definition) is 2. The van der Waals surface area contributed by atoms with Crippen molar-refractivity contribution in [3.8, 4) is 0 Å². The Balaban J connectivity index is 1.74. The molecule has 0 atom stereocenters. The summed E-state index contributed by atoms with van der Waals surface area (Å²) in [6.45, 7) is 0. The predicted molar refractivity (Wildman–Crippen MR) is 89.5 cm³/mol. The summed E-state index contributed by atoms with van der Waals surface area (Å²) >= 11 is 0. The van der Waals surface area contributed by atoms with Crippen LogP contribution < -0.4 is 15.4 Å². The van der Waals surface area contributed by atoms with E-state index >= 15 is 0 Å². The molecule has 1 aromatic heterocycles. The second kappa shape index (κ2) is 6.78. The van der Waals surface area contributed by atoms with Crippen LogP contribution in [-0.2, 0) is 0 Å². The van der Waals surface area contributed by atoms with Crippen LogP contribution in [0.5, 0.6) is 0 Å². The first kappa shape index (κ1) is 15.5. The zero-order valence-corrected chi connectivity index (χ0v) is 12.6. The van der Waals surface area contributed by atoms with E-state index in [0.29, 0.717) is 16.2 Å². The molecule has 1 amide bonds. The molecular formula is C18H14FN3O2. The minimum absolute atomic E-state index is 0.202. The molecule has 24 heavy (non-hydrogen) atoms. The van der Waals surface area contributed by atoms with E-state index in [1.54, 1.807) is 6.07 Å². The van der Waals surface area contributed by atoms with Crippen LogP contribution in [0.15, 0.2) is 72.9 Å². The molecule has 0 spiro atoms. The minimum Gasteiger partial charge on any atom is -0.711 e. The third-order valence-corrected chi connectivity index (χ3v) is 3.33. The number of nitrogens with one attached hydrogen (secondary N) is 2. The molecule has 0 fully saturated rings. The molecule has 0 aliphatic heterocycles. The summed E-state index contributed by atoms with van der Waals surface area (Å²) in [6.07, 6.45) is 1.18. The Kier molecular flexibility index (Phi) is 4.38. The van der Waals surface area contributed by atoms with Crippen molar-refractivity contribution < 1.29 is 13.9 Å². The van der Waals surface area contributed by atoms with Crippen molar-refractivity contribution in [3.05, 3.63) is 89.5 Å². The van der Waals surface area contributed by atoms with Crippen LogP contribution in [0.4, 0.5) is 21.6 Å². The molecule has 0 bridgehead atoms. The topological polar surface area (TPSA) is 68.1 Å². The monoisotopic (exact) mass is 323 g/mol. The Labute approximate surface area is 138 Å². The summed E-state index contributed by atoms with van der Waals surface area (Å²) in [5.41, 5.74) is 1.42. The molecule has 0 unspecified atom stereocenters. The maximum atomic E-state index is 12.9. The Bertz CT molecular complexity index is 852. The summed E-state index contributed by atoms with van der Waals surface area (Å²) in [5.74, 6) is -0.529. The molecule has 5 nitrogen and oxygen atoms in total. The first-order chi connectivity index (χ1) is 11.6. The fourth-order valence-corrected chi connectivity index (χ4v) is 2.12. The number of carbonyl (C=O) groups is 1. The van der Waals surface area contributed by atoms with Gasteiger partial charge in [0.05, 0.1) is 5.56 Å². The number of anilines is 3. The fourth-order valence-electron chi connectivity index (χ4n) is 2.12. The molecule has 120 valence electrons. The quantitative estimate of drug-likeness (QED) is 0.571. The van der Waals surface area contributed by atoms with E-state index in [9.17, 15) is 14.4 Å². The molecule has 0 saturated heterocycles. The van der Waals surface area contributed by atoms with Gasteiger partial charge in [-0.3, -0.25) is 4.79 Å². The number of pyridine rings is 1. The van der Waals surface area contributed by atoms with Crippen molar-refractivity contribution in [3.63, 3.8) is 0 Å². The Morgan fingerprint density at radius 1 is 0.917 bits per heavy atom. The predicted octanol–water partition coefficient (Wildman–Crippen LogP) is 3.46. The van der Waals surface area contributed by atoms with Gasteiger partial charge < -0.3 is 10.5 Å². The molecule has 0 aliphatic carbocycles. The van der Waals surface area contributed by atoms with Crippen LogP contribution in [0.2, 0.25) is 0 Å². The van der Waals surface area contributed by atoms with Crippen molar-refractivity contribution in [1.82, 2.24) is 0 Å². The first-order valence-electron chi connectivity index (χ1n) is 7.24. The lowest BCUT2D eigenvalue weighted by Crippen LogP contribution is -2.31. The average molecular weight is 323 g/mol. The third-order valence-electron chi connectivity index (χ3n) is 3.33. The van der Waals surface area contributed by atoms with Crippen LogP contribution in [0.3, 0.4) is 0 Å². The molecule has 6 heteroatoms. The highest BCUT2D eigenvalue weighted by Gasteiger charge is 2.11. The van der Waals surface area contributed by atoms with Crippen LogP contribution in [0, 0.1) is 11.0 Å². The second-order valence-electron chi connectivity index (χ2n) is 5.08. The van der Waals surface area contributed by atoms with Gasteiger partial charge in [-0.15, -0.1) is 0 Å². The SMILES string of the molecule is O=C(Nc1ccc(F)cc1)c1ccc(Nc2ccccc2)[n+]([O-])c1. The number of benzene rings is 2. The standard InChI is InChI=1S/C18H14FN3O2/c19-14-7-9-16(10-8-14)21-18(23)13-6-11-17(22(24)12-13)20-15-4-2-1-3-5-15/h1-12,20H,(H,21,23). The van der Waals surface area contributed by atoms with E-state index in [2.05, 4.69) is 10.6 Å². The highest BCUT2D eigenvalue weighted by atomic mass is 19.1. The van der Waals surface area contributed by atoms with E-state index in [-0.39, 0.29) is 11.4 Å². The van der Waals surface area contributed by atoms with Gasteiger partial charge in [0.2, 0.25) is 0 Å². The number of rotatable bonds is 4. The zero-order valence-electron chi connectivity index (χ0n) is 12.6. The van der Waals surface area contributed by atoms with E-state index in [1.165, 1.54) is 36.5 Å². The smallest absolute Gasteiger partial charge is 0.282 e. The zero-order chi connectivity index (χ0) is 16.9. The van der Waals surface area contributed by atoms with Crippen LogP contribution >= 0.6 is 0 Å². The third kappa shape index (κ3) is 3.67. The van der Waals surface area contributed by atoms with Crippen molar-refractivity contribution in [2.75, 3.05) is 10.6 Å². The van der Waals surface area contributed by atoms with Gasteiger partial charge in [0, 0.05) is 11.8 Å². The lowest BCUT2D eigenvalue weighted by atomic mass is 10.2. The maximum Gasteiger partial charge on any atom is 0.282 e. The fraction of sp³-hybridized carbons (Fsp3) is 0. The van der Waals surface area contributed by atoms with Crippen molar-refractivity contribution in [1.29, 1.82) is 0 Å². The summed E-state index contributed by atoms with van der Waals surface area (Å²) in [4.78, 5) is 12.1. The molecule has 3 aromatic rings. The van der Waals surface area contributed by atoms with Crippen molar-refractivity contribution in [2.24, 2.45) is 0 Å². The van der Waals surface area contributed by atoms with E-state index in [1.807, 2.05) is 30.3 Å². The van der Waals surface area contributed by atoms with Gasteiger partial charge in [-0.25, -0.2) is 14.4 Å². The molecule has 3 rings (SSSR count). The number of halogens is 1. The normalized spacial score (nSPS) is 10.2. The maximum absolute atomic E-state index is 12.9. The number of hydrogen-bond acceptors (Lipinski definition) is 3. The summed E-state index contributed by atoms with van der Waals surface area (Å²) in [6, 6.07) is 17.7. The summed E-state index contributed by atoms with van der Waals surface area (Å²) < 4.78 is 13.4. The lowest BCUT2D eigenvalue weighted by Gasteiger charge is -2.11. The number of aromatic nitrogens is 1. The van der Waals surface area contributed by atoms with Crippen LogP contribution in [-0.4, -0.2) is 5.91 Å². The molecule has 2 aromatic carbocycles. The van der Waals surface area contributed by atoms with Gasteiger partial charge in [0.25, 0.3) is 11.7 Å². The van der Waals surface area contributed by atoms with E-state index < -0.39 is 5.91 Å². The number of nitrogens with zero attached hydrogens (tertiary/aromatic N) is 1. The number of carbonyl (C=O) groups excluding carboxylic acids is 1. The lowest BCUT2D eigenvalue weighted by molar-refractivity contribution is -0.590. The average Bonchev–Trinajstić information content (AvgIpc) is 2.59. The first-order valence-corrected chi connectivity index (χ1v) is 7.24. The molecule has 1 heterocycles. The summed E-state index contributed by atoms with van der Waals surface area (Å²) in [7, 11) is 0. The molecule has 0 radical (unpaired) electrons. The van der Waals surface area contributed by atoms with Crippen LogP contribution in [0.1, 0.15) is 10.4 Å². The minimum atomic E-state index is -0.447. The number of amides is 1. The molecule has 0 aliphatic rings. The Hall–Kier alpha value is -3.41. The van der Waals surface area contributed by atoms with Gasteiger partial charge in [-0.1, -0.05) is 18.2 Å². The van der Waals surface area contributed by atoms with Gasteiger partial charge in [0.15, 0.2) is 0 Å². The Morgan fingerprint density at radius 2 is 1.62 bits per heavy atom. The van der Waals surface area contributed by atoms with E-state index in [0.717, 1.165) is 5.69 Å². The van der Waals surface area contributed by atoms with Crippen LogP contribution in [0.25, 0.3) is 0 Å². The molecule has 2 N–H and O–H groups in total. The van der Waals surface area contributed by atoms with Gasteiger partial charge in [0.1, 0.15) is 17.7 Å². The summed E-state index contributed by atoms with van der Waals surface area (Å²) in [5, 5.41) is 17.6. The van der Waals surface area contributed by atoms with Gasteiger partial charge >= 0.3 is 0 Å². The highest BCUT2D eigenvalue weighted by Crippen LogP contribution is 2.14. The highest BCUT2D eigenvalue weighted by molar-refractivity contribution is 6.03. The van der Waals surface area contributed by atoms with Crippen molar-refractivity contribution >= 4 is 23.1 Å². The van der Waals surface area contributed by atoms with E-state index in [4.69, 9.17) is 0 Å². The second-order valence-corrected chi connectivity index (χ2v) is 5.08. The van der Waals surface area contributed by atoms with Crippen molar-refractivity contribution in [2.45, 2.75) is 0 Å². The van der Waals surface area contributed by atoms with Gasteiger partial charge in [-0.2, -0.15) is 0 Å².